The topological polar surface area (TPSA) is 53.1 Å². The smallest absolute Gasteiger partial charge is 0.247 e. The van der Waals surface area contributed by atoms with Crippen molar-refractivity contribution in [3.8, 4) is 11.1 Å². The lowest BCUT2D eigenvalue weighted by Gasteiger charge is -2.06. The molecule has 1 atom stereocenters. The first-order valence-corrected chi connectivity index (χ1v) is 7.50. The number of rotatable bonds is 6. The fraction of sp³-hybridized carbons (Fsp3) is 0.278. The van der Waals surface area contributed by atoms with Gasteiger partial charge in [0.25, 0.3) is 0 Å². The van der Waals surface area contributed by atoms with E-state index in [1.807, 2.05) is 0 Å². The van der Waals surface area contributed by atoms with Gasteiger partial charge in [-0.05, 0) is 32.3 Å². The number of aliphatic hydroxyl groups is 1. The number of H-pyrrole nitrogens is 1. The van der Waals surface area contributed by atoms with Crippen molar-refractivity contribution >= 4 is 6.08 Å². The first-order valence-electron chi connectivity index (χ1n) is 7.50. The van der Waals surface area contributed by atoms with E-state index in [4.69, 9.17) is 5.11 Å². The first-order chi connectivity index (χ1) is 11.0. The SMILES string of the molecule is CC(O)CCC/C=C/c1ccc(-c2ccc(=O)[nH]c2)c(F)c1F. The van der Waals surface area contributed by atoms with E-state index in [-0.39, 0.29) is 22.8 Å². The Labute approximate surface area is 133 Å². The van der Waals surface area contributed by atoms with E-state index in [1.54, 1.807) is 13.0 Å². The molecule has 2 aromatic rings. The maximum absolute atomic E-state index is 14.2. The van der Waals surface area contributed by atoms with Gasteiger partial charge in [-0.2, -0.15) is 0 Å². The Hall–Kier alpha value is -2.27. The highest BCUT2D eigenvalue weighted by atomic mass is 19.2. The second kappa shape index (κ2) is 7.83. The summed E-state index contributed by atoms with van der Waals surface area (Å²) in [6, 6.07) is 5.70. The minimum Gasteiger partial charge on any atom is -0.393 e. The Balaban J connectivity index is 2.15. The zero-order valence-electron chi connectivity index (χ0n) is 12.9. The van der Waals surface area contributed by atoms with Crippen LogP contribution in [0.5, 0.6) is 0 Å². The minimum atomic E-state index is -0.942. The summed E-state index contributed by atoms with van der Waals surface area (Å²) in [6.45, 7) is 1.72. The third-order valence-electron chi connectivity index (χ3n) is 3.50. The molecule has 1 aromatic heterocycles. The Morgan fingerprint density at radius 3 is 2.65 bits per heavy atom. The molecule has 2 N–H and O–H groups in total. The van der Waals surface area contributed by atoms with Gasteiger partial charge in [-0.3, -0.25) is 4.79 Å². The van der Waals surface area contributed by atoms with Gasteiger partial charge in [0.1, 0.15) is 0 Å². The molecular formula is C18H19F2NO2. The first kappa shape index (κ1) is 17.1. The van der Waals surface area contributed by atoms with Crippen LogP contribution in [-0.4, -0.2) is 16.2 Å². The highest BCUT2D eigenvalue weighted by molar-refractivity contribution is 5.66. The number of hydrogen-bond donors (Lipinski definition) is 2. The molecule has 0 saturated carbocycles. The average Bonchev–Trinajstić information content (AvgIpc) is 2.52. The molecule has 3 nitrogen and oxygen atoms in total. The lowest BCUT2D eigenvalue weighted by Crippen LogP contribution is -2.02. The van der Waals surface area contributed by atoms with Crippen molar-refractivity contribution in [1.29, 1.82) is 0 Å². The molecule has 23 heavy (non-hydrogen) atoms. The zero-order valence-corrected chi connectivity index (χ0v) is 12.9. The van der Waals surface area contributed by atoms with Crippen molar-refractivity contribution in [3.05, 3.63) is 64.1 Å². The fourth-order valence-electron chi connectivity index (χ4n) is 2.24. The van der Waals surface area contributed by atoms with Gasteiger partial charge in [0, 0.05) is 29.0 Å². The molecule has 1 heterocycles. The molecule has 2 rings (SSSR count). The second-order valence-electron chi connectivity index (χ2n) is 5.45. The maximum atomic E-state index is 14.2. The van der Waals surface area contributed by atoms with Gasteiger partial charge < -0.3 is 10.1 Å². The van der Waals surface area contributed by atoms with E-state index in [0.29, 0.717) is 18.4 Å². The van der Waals surface area contributed by atoms with Gasteiger partial charge >= 0.3 is 0 Å². The van der Waals surface area contributed by atoms with Gasteiger partial charge in [0.15, 0.2) is 11.6 Å². The second-order valence-corrected chi connectivity index (χ2v) is 5.45. The van der Waals surface area contributed by atoms with Crippen molar-refractivity contribution in [1.82, 2.24) is 4.98 Å². The highest BCUT2D eigenvalue weighted by Crippen LogP contribution is 2.26. The van der Waals surface area contributed by atoms with Gasteiger partial charge in [-0.25, -0.2) is 8.78 Å². The molecule has 1 unspecified atom stereocenters. The fourth-order valence-corrected chi connectivity index (χ4v) is 2.24. The molecular weight excluding hydrogens is 300 g/mol. The molecule has 122 valence electrons. The van der Waals surface area contributed by atoms with E-state index >= 15 is 0 Å². The summed E-state index contributed by atoms with van der Waals surface area (Å²) < 4.78 is 28.3. The summed E-state index contributed by atoms with van der Waals surface area (Å²) in [5, 5.41) is 9.15. The van der Waals surface area contributed by atoms with Crippen LogP contribution in [0.15, 0.2) is 41.3 Å². The summed E-state index contributed by atoms with van der Waals surface area (Å²) in [4.78, 5) is 13.5. The predicted molar refractivity (Wildman–Crippen MR) is 87.0 cm³/mol. The number of benzene rings is 1. The number of halogens is 2. The number of nitrogens with one attached hydrogen (secondary N) is 1. The van der Waals surface area contributed by atoms with Crippen molar-refractivity contribution in [2.24, 2.45) is 0 Å². The molecule has 0 aliphatic rings. The van der Waals surface area contributed by atoms with Gasteiger partial charge in [0.2, 0.25) is 5.56 Å². The number of hydrogen-bond acceptors (Lipinski definition) is 2. The molecule has 0 fully saturated rings. The molecule has 5 heteroatoms. The normalized spacial score (nSPS) is 12.7. The largest absolute Gasteiger partial charge is 0.393 e. The Kier molecular flexibility index (Phi) is 5.82. The molecule has 0 aliphatic carbocycles. The van der Waals surface area contributed by atoms with Crippen LogP contribution >= 0.6 is 0 Å². The van der Waals surface area contributed by atoms with Crippen molar-refractivity contribution in [2.45, 2.75) is 32.3 Å². The zero-order chi connectivity index (χ0) is 16.8. The minimum absolute atomic E-state index is 0.102. The summed E-state index contributed by atoms with van der Waals surface area (Å²) in [5.41, 5.74) is 0.387. The van der Waals surface area contributed by atoms with Crippen LogP contribution in [0.1, 0.15) is 31.7 Å². The van der Waals surface area contributed by atoms with Crippen LogP contribution in [0.3, 0.4) is 0 Å². The monoisotopic (exact) mass is 319 g/mol. The third-order valence-corrected chi connectivity index (χ3v) is 3.50. The Morgan fingerprint density at radius 2 is 2.00 bits per heavy atom. The molecule has 0 radical (unpaired) electrons. The molecule has 0 amide bonds. The number of allylic oxidation sites excluding steroid dienone is 1. The van der Waals surface area contributed by atoms with Crippen LogP contribution in [0.25, 0.3) is 17.2 Å². The molecule has 0 bridgehead atoms. The lowest BCUT2D eigenvalue weighted by atomic mass is 10.0. The molecule has 0 spiro atoms. The number of unbranched alkanes of at least 4 members (excludes halogenated alkanes) is 1. The van der Waals surface area contributed by atoms with Crippen LogP contribution in [0.4, 0.5) is 8.78 Å². The molecule has 1 aromatic carbocycles. The standard InChI is InChI=1S/C18H19F2NO2/c1-12(22)5-3-2-4-6-13-7-9-15(18(20)17(13)19)14-8-10-16(23)21-11-14/h4,6-12,22H,2-3,5H2,1H3,(H,21,23)/b6-4+. The van der Waals surface area contributed by atoms with E-state index in [9.17, 15) is 13.6 Å². The van der Waals surface area contributed by atoms with Crippen LogP contribution in [0, 0.1) is 11.6 Å². The van der Waals surface area contributed by atoms with E-state index in [1.165, 1.54) is 36.5 Å². The molecule has 0 aliphatic heterocycles. The number of pyridine rings is 1. The summed E-state index contributed by atoms with van der Waals surface area (Å²) >= 11 is 0. The lowest BCUT2D eigenvalue weighted by molar-refractivity contribution is 0.182. The van der Waals surface area contributed by atoms with Crippen LogP contribution < -0.4 is 5.56 Å². The van der Waals surface area contributed by atoms with Crippen LogP contribution in [-0.2, 0) is 0 Å². The number of aromatic nitrogens is 1. The Bertz CT molecular complexity index is 731. The van der Waals surface area contributed by atoms with Crippen molar-refractivity contribution in [2.75, 3.05) is 0 Å². The van der Waals surface area contributed by atoms with E-state index in [0.717, 1.165) is 6.42 Å². The third kappa shape index (κ3) is 4.60. The summed E-state index contributed by atoms with van der Waals surface area (Å²) in [5.74, 6) is -1.86. The van der Waals surface area contributed by atoms with E-state index < -0.39 is 11.6 Å². The maximum Gasteiger partial charge on any atom is 0.247 e. The highest BCUT2D eigenvalue weighted by Gasteiger charge is 2.13. The van der Waals surface area contributed by atoms with E-state index in [2.05, 4.69) is 4.98 Å². The van der Waals surface area contributed by atoms with Gasteiger partial charge in [-0.1, -0.05) is 24.3 Å². The quantitative estimate of drug-likeness (QED) is 0.794. The van der Waals surface area contributed by atoms with Crippen molar-refractivity contribution < 1.29 is 13.9 Å². The summed E-state index contributed by atoms with van der Waals surface area (Å²) in [7, 11) is 0. The Morgan fingerprint density at radius 1 is 1.22 bits per heavy atom. The van der Waals surface area contributed by atoms with Gasteiger partial charge in [-0.15, -0.1) is 0 Å². The average molecular weight is 319 g/mol. The predicted octanol–water partition coefficient (Wildman–Crippen LogP) is 3.88. The van der Waals surface area contributed by atoms with Crippen molar-refractivity contribution in [3.63, 3.8) is 0 Å². The van der Waals surface area contributed by atoms with Gasteiger partial charge in [0.05, 0.1) is 6.10 Å². The van der Waals surface area contributed by atoms with Crippen LogP contribution in [0.2, 0.25) is 0 Å². The number of aromatic amines is 1. The summed E-state index contributed by atoms with van der Waals surface area (Å²) in [6.07, 6.45) is 6.45. The number of aliphatic hydroxyl groups excluding tert-OH is 1. The molecule has 0 saturated heterocycles.